The zero-order valence-corrected chi connectivity index (χ0v) is 19.3. The molecular formula is C20H32N6O2S2. The Morgan fingerprint density at radius 3 is 2.63 bits per heavy atom. The maximum Gasteiger partial charge on any atom is 0.225 e. The molecule has 0 bridgehead atoms. The Labute approximate surface area is 185 Å². The molecule has 1 saturated heterocycles. The number of anilines is 2. The summed E-state index contributed by atoms with van der Waals surface area (Å²) in [6.45, 7) is 3.98. The van der Waals surface area contributed by atoms with Gasteiger partial charge in [0.25, 0.3) is 0 Å². The van der Waals surface area contributed by atoms with E-state index in [1.54, 1.807) is 18.1 Å². The van der Waals surface area contributed by atoms with Crippen LogP contribution in [0.4, 0.5) is 11.8 Å². The van der Waals surface area contributed by atoms with Crippen molar-refractivity contribution in [3.63, 3.8) is 0 Å². The number of thioether (sulfide) groups is 1. The van der Waals surface area contributed by atoms with Crippen LogP contribution in [0.5, 0.6) is 0 Å². The molecule has 0 saturated carbocycles. The molecule has 1 aliphatic heterocycles. The van der Waals surface area contributed by atoms with Crippen LogP contribution in [-0.2, 0) is 10.8 Å². The molecule has 30 heavy (non-hydrogen) atoms. The van der Waals surface area contributed by atoms with E-state index < -0.39 is 10.8 Å². The second-order valence-corrected chi connectivity index (χ2v) is 10.1. The Bertz CT molecular complexity index is 828. The van der Waals surface area contributed by atoms with Crippen LogP contribution >= 0.6 is 11.8 Å². The lowest BCUT2D eigenvalue weighted by Gasteiger charge is -2.28. The van der Waals surface area contributed by atoms with Crippen LogP contribution in [0.3, 0.4) is 0 Å². The summed E-state index contributed by atoms with van der Waals surface area (Å²) in [6, 6.07) is 0. The number of hydrogen-bond acceptors (Lipinski definition) is 9. The first-order valence-corrected chi connectivity index (χ1v) is 13.3. The fraction of sp³-hybridized carbons (Fsp3) is 0.700. The summed E-state index contributed by atoms with van der Waals surface area (Å²) in [6.07, 6.45) is 9.17. The molecule has 0 atom stereocenters. The molecule has 0 aliphatic carbocycles. The predicted molar refractivity (Wildman–Crippen MR) is 125 cm³/mol. The molecule has 3 rings (SSSR count). The first kappa shape index (κ1) is 23.1. The third-order valence-corrected chi connectivity index (χ3v) is 7.38. The van der Waals surface area contributed by atoms with Crippen molar-refractivity contribution >= 4 is 45.4 Å². The van der Waals surface area contributed by atoms with E-state index in [9.17, 15) is 9.32 Å². The second-order valence-electron chi connectivity index (χ2n) is 7.35. The molecule has 8 nitrogen and oxygen atoms in total. The lowest BCUT2D eigenvalue weighted by molar-refractivity contribution is 0.311. The number of aromatic nitrogens is 4. The molecule has 3 heterocycles. The van der Waals surface area contributed by atoms with Gasteiger partial charge in [-0.05, 0) is 12.2 Å². The van der Waals surface area contributed by atoms with E-state index in [1.807, 2.05) is 0 Å². The van der Waals surface area contributed by atoms with Gasteiger partial charge < -0.3 is 15.3 Å². The summed E-state index contributed by atoms with van der Waals surface area (Å²) in [5.41, 5.74) is 1.48. The zero-order chi connectivity index (χ0) is 21.2. The third-order valence-electron chi connectivity index (χ3n) is 5.04. The Kier molecular flexibility index (Phi) is 9.54. The molecule has 1 aliphatic rings. The van der Waals surface area contributed by atoms with E-state index in [0.29, 0.717) is 37.1 Å². The molecular weight excluding hydrogens is 420 g/mol. The Morgan fingerprint density at radius 1 is 1.10 bits per heavy atom. The lowest BCUT2D eigenvalue weighted by atomic mass is 10.1. The third kappa shape index (κ3) is 6.49. The molecule has 0 spiro atoms. The van der Waals surface area contributed by atoms with Crippen LogP contribution in [0.2, 0.25) is 0 Å². The molecule has 166 valence electrons. The van der Waals surface area contributed by atoms with Gasteiger partial charge in [-0.1, -0.05) is 39.0 Å². The van der Waals surface area contributed by atoms with Crippen molar-refractivity contribution < 1.29 is 9.32 Å². The van der Waals surface area contributed by atoms with Gasteiger partial charge in [0, 0.05) is 41.9 Å². The highest BCUT2D eigenvalue weighted by molar-refractivity contribution is 7.99. The summed E-state index contributed by atoms with van der Waals surface area (Å²) in [7, 11) is -0.762. The van der Waals surface area contributed by atoms with Gasteiger partial charge in [0.1, 0.15) is 22.4 Å². The molecule has 1 fully saturated rings. The number of unbranched alkanes of at least 4 members (excludes halogenated alkanes) is 5. The molecule has 2 aromatic heterocycles. The highest BCUT2D eigenvalue weighted by Crippen LogP contribution is 2.30. The van der Waals surface area contributed by atoms with Gasteiger partial charge in [0.2, 0.25) is 5.95 Å². The van der Waals surface area contributed by atoms with E-state index in [0.717, 1.165) is 34.1 Å². The molecule has 0 amide bonds. The number of aliphatic hydroxyl groups is 1. The van der Waals surface area contributed by atoms with Crippen LogP contribution < -0.4 is 10.2 Å². The van der Waals surface area contributed by atoms with Crippen LogP contribution in [0.1, 0.15) is 45.4 Å². The van der Waals surface area contributed by atoms with Gasteiger partial charge in [0.15, 0.2) is 5.82 Å². The minimum Gasteiger partial charge on any atom is -0.395 e. The molecule has 10 heteroatoms. The number of nitrogens with zero attached hydrogens (tertiary/aromatic N) is 5. The van der Waals surface area contributed by atoms with Crippen molar-refractivity contribution in [2.45, 2.75) is 50.5 Å². The molecule has 0 radical (unpaired) electrons. The molecule has 2 N–H and O–H groups in total. The standard InChI is InChI=1S/C20H32N6O2S2/c1-2-3-4-5-6-7-12-29-19-17-16(22-15-23-19)18(25-20(24-17)21-8-11-27)26-9-13-30(28)14-10-26/h15,27H,2-14H2,1H3,(H,21,24,25). The summed E-state index contributed by atoms with van der Waals surface area (Å²) in [4.78, 5) is 20.4. The Morgan fingerprint density at radius 2 is 1.87 bits per heavy atom. The van der Waals surface area contributed by atoms with Gasteiger partial charge in [-0.3, -0.25) is 4.21 Å². The second kappa shape index (κ2) is 12.4. The van der Waals surface area contributed by atoms with Crippen LogP contribution in [0.15, 0.2) is 11.4 Å². The van der Waals surface area contributed by atoms with Crippen molar-refractivity contribution in [1.82, 2.24) is 19.9 Å². The van der Waals surface area contributed by atoms with Gasteiger partial charge in [-0.15, -0.1) is 11.8 Å². The maximum atomic E-state index is 11.8. The summed E-state index contributed by atoms with van der Waals surface area (Å²) in [5.74, 6) is 3.49. The predicted octanol–water partition coefficient (Wildman–Crippen LogP) is 2.85. The maximum absolute atomic E-state index is 11.8. The fourth-order valence-corrected chi connectivity index (χ4v) is 5.38. The highest BCUT2D eigenvalue weighted by atomic mass is 32.2. The van der Waals surface area contributed by atoms with Gasteiger partial charge >= 0.3 is 0 Å². The normalized spacial score (nSPS) is 15.1. The van der Waals surface area contributed by atoms with E-state index in [1.165, 1.54) is 32.1 Å². The molecule has 2 aromatic rings. The quantitative estimate of drug-likeness (QED) is 0.286. The number of fused-ring (bicyclic) bond motifs is 1. The van der Waals surface area contributed by atoms with Gasteiger partial charge in [-0.2, -0.15) is 4.98 Å². The van der Waals surface area contributed by atoms with Crippen LogP contribution in [-0.4, -0.2) is 72.8 Å². The fourth-order valence-electron chi connectivity index (χ4n) is 3.38. The number of nitrogens with one attached hydrogen (secondary N) is 1. The Balaban J connectivity index is 1.78. The smallest absolute Gasteiger partial charge is 0.225 e. The topological polar surface area (TPSA) is 104 Å². The van der Waals surface area contributed by atoms with E-state index in [-0.39, 0.29) is 6.61 Å². The molecule has 0 aromatic carbocycles. The van der Waals surface area contributed by atoms with Crippen molar-refractivity contribution in [3.05, 3.63) is 6.33 Å². The van der Waals surface area contributed by atoms with Gasteiger partial charge in [-0.25, -0.2) is 15.0 Å². The number of aliphatic hydroxyl groups excluding tert-OH is 1. The highest BCUT2D eigenvalue weighted by Gasteiger charge is 2.22. The summed E-state index contributed by atoms with van der Waals surface area (Å²) < 4.78 is 11.8. The SMILES string of the molecule is CCCCCCCCSc1ncnc2c(N3CCS(=O)CC3)nc(NCCO)nc12. The number of rotatable bonds is 12. The number of hydrogen-bond donors (Lipinski definition) is 2. The van der Waals surface area contributed by atoms with Crippen LogP contribution in [0.25, 0.3) is 11.0 Å². The zero-order valence-electron chi connectivity index (χ0n) is 17.7. The van der Waals surface area contributed by atoms with E-state index in [4.69, 9.17) is 0 Å². The Hall–Kier alpha value is -1.52. The average Bonchev–Trinajstić information content (AvgIpc) is 2.77. The van der Waals surface area contributed by atoms with Crippen molar-refractivity contribution in [1.29, 1.82) is 0 Å². The molecule has 0 unspecified atom stereocenters. The van der Waals surface area contributed by atoms with E-state index >= 15 is 0 Å². The summed E-state index contributed by atoms with van der Waals surface area (Å²) >= 11 is 1.72. The van der Waals surface area contributed by atoms with Crippen molar-refractivity contribution in [2.75, 3.05) is 53.7 Å². The summed E-state index contributed by atoms with van der Waals surface area (Å²) in [5, 5.41) is 13.1. The first-order valence-electron chi connectivity index (χ1n) is 10.8. The van der Waals surface area contributed by atoms with E-state index in [2.05, 4.69) is 37.1 Å². The minimum absolute atomic E-state index is 0.00432. The minimum atomic E-state index is -0.762. The first-order chi connectivity index (χ1) is 14.7. The van der Waals surface area contributed by atoms with Crippen LogP contribution in [0, 0.1) is 0 Å². The average molecular weight is 453 g/mol. The largest absolute Gasteiger partial charge is 0.395 e. The lowest BCUT2D eigenvalue weighted by Crippen LogP contribution is -2.38. The van der Waals surface area contributed by atoms with Crippen molar-refractivity contribution in [2.24, 2.45) is 0 Å². The van der Waals surface area contributed by atoms with Gasteiger partial charge in [0.05, 0.1) is 6.61 Å². The van der Waals surface area contributed by atoms with Crippen molar-refractivity contribution in [3.8, 4) is 0 Å². The monoisotopic (exact) mass is 452 g/mol.